The zero-order valence-corrected chi connectivity index (χ0v) is 40.6. The maximum Gasteiger partial charge on any atom is 0.409 e. The van der Waals surface area contributed by atoms with E-state index in [0.717, 1.165) is 0 Å². The van der Waals surface area contributed by atoms with Crippen LogP contribution < -0.4 is 0 Å². The highest BCUT2D eigenvalue weighted by Crippen LogP contribution is 2.44. The molecule has 0 aromatic heterocycles. The van der Waals surface area contributed by atoms with Crippen LogP contribution in [0.3, 0.4) is 0 Å². The number of rotatable bonds is 44. The van der Waals surface area contributed by atoms with E-state index in [1.807, 2.05) is 45.0 Å². The summed E-state index contributed by atoms with van der Waals surface area (Å²) in [5, 5.41) is 0. The van der Waals surface area contributed by atoms with E-state index in [4.69, 9.17) is 71.1 Å². The number of esters is 1. The number of ether oxygens (including phenoxy) is 15. The second-order valence-corrected chi connectivity index (χ2v) is 16.0. The van der Waals surface area contributed by atoms with E-state index in [-0.39, 0.29) is 24.4 Å². The Labute approximate surface area is 398 Å². The van der Waals surface area contributed by atoms with E-state index < -0.39 is 5.60 Å². The van der Waals surface area contributed by atoms with Crippen LogP contribution in [0.2, 0.25) is 0 Å². The van der Waals surface area contributed by atoms with Gasteiger partial charge in [-0.05, 0) is 43.0 Å². The second kappa shape index (κ2) is 38.5. The van der Waals surface area contributed by atoms with Crippen LogP contribution in [-0.2, 0) is 75.8 Å². The molecule has 2 aromatic carbocycles. The van der Waals surface area contributed by atoms with Gasteiger partial charge < -0.3 is 76.0 Å². The van der Waals surface area contributed by atoms with Crippen molar-refractivity contribution in [2.75, 3.05) is 192 Å². The number of hydrogen-bond donors (Lipinski definition) is 0. The normalized spacial score (nSPS) is 12.4. The number of nitrogens with zero attached hydrogens (tertiary/aromatic N) is 1. The molecule has 0 aliphatic heterocycles. The van der Waals surface area contributed by atoms with Gasteiger partial charge in [-0.2, -0.15) is 0 Å². The molecule has 0 atom stereocenters. The Morgan fingerprint density at radius 2 is 0.716 bits per heavy atom. The summed E-state index contributed by atoms with van der Waals surface area (Å²) in [7, 11) is 1.71. The minimum atomic E-state index is -0.482. The van der Waals surface area contributed by atoms with Crippen LogP contribution in [0.15, 0.2) is 48.5 Å². The molecule has 3 rings (SSSR count). The maximum atomic E-state index is 12.6. The predicted molar refractivity (Wildman–Crippen MR) is 249 cm³/mol. The highest BCUT2D eigenvalue weighted by Gasteiger charge is 2.29. The lowest BCUT2D eigenvalue weighted by Crippen LogP contribution is -2.32. The van der Waals surface area contributed by atoms with Crippen molar-refractivity contribution in [1.29, 1.82) is 0 Å². The summed E-state index contributed by atoms with van der Waals surface area (Å²) in [6.07, 6.45) is -0.144. The van der Waals surface area contributed by atoms with E-state index >= 15 is 0 Å². The van der Waals surface area contributed by atoms with Crippen molar-refractivity contribution in [3.05, 3.63) is 59.7 Å². The largest absolute Gasteiger partial charge is 0.460 e. The Morgan fingerprint density at radius 3 is 1.03 bits per heavy atom. The van der Waals surface area contributed by atoms with Gasteiger partial charge in [0.05, 0.1) is 178 Å². The van der Waals surface area contributed by atoms with Crippen molar-refractivity contribution in [2.24, 2.45) is 0 Å². The van der Waals surface area contributed by atoms with Gasteiger partial charge >= 0.3 is 12.1 Å². The number of fused-ring (bicyclic) bond motifs is 3. The number of hydrogen-bond acceptors (Lipinski definition) is 17. The number of benzene rings is 2. The molecule has 18 heteroatoms. The standard InChI is InChI=1S/C49H79NO17/c1-49(2,3)67-47(51)13-15-53-17-19-55-21-23-57-25-27-59-29-31-61-33-35-63-37-39-65-40-38-64-36-34-62-32-30-60-28-26-58-24-22-56-20-18-54-16-14-50(4)48(52)66-41-46-44-11-7-5-9-42(44)43-10-6-8-12-45(43)46/h5-12,46H,13-41H2,1-4H3. The molecule has 18 nitrogen and oxygen atoms in total. The summed E-state index contributed by atoms with van der Waals surface area (Å²) < 4.78 is 82.5. The third-order valence-electron chi connectivity index (χ3n) is 9.55. The van der Waals surface area contributed by atoms with Crippen molar-refractivity contribution in [3.8, 4) is 11.1 Å². The van der Waals surface area contributed by atoms with E-state index in [0.29, 0.717) is 185 Å². The molecule has 67 heavy (non-hydrogen) atoms. The highest BCUT2D eigenvalue weighted by atomic mass is 16.6. The van der Waals surface area contributed by atoms with Crippen LogP contribution in [0.5, 0.6) is 0 Å². The first-order valence-electron chi connectivity index (χ1n) is 23.5. The molecule has 382 valence electrons. The summed E-state index contributed by atoms with van der Waals surface area (Å²) in [6.45, 7) is 18.1. The summed E-state index contributed by atoms with van der Waals surface area (Å²) in [5.74, 6) is -0.238. The predicted octanol–water partition coefficient (Wildman–Crippen LogP) is 4.81. The molecule has 0 fully saturated rings. The lowest BCUT2D eigenvalue weighted by atomic mass is 9.98. The molecule has 1 aliphatic rings. The summed E-state index contributed by atoms with van der Waals surface area (Å²) in [4.78, 5) is 25.8. The molecule has 2 aromatic rings. The summed E-state index contributed by atoms with van der Waals surface area (Å²) in [5.41, 5.74) is 4.30. The molecule has 0 heterocycles. The van der Waals surface area contributed by atoms with Crippen molar-refractivity contribution < 1.29 is 80.6 Å². The van der Waals surface area contributed by atoms with Crippen molar-refractivity contribution in [2.45, 2.75) is 38.7 Å². The molecular formula is C49H79NO17. The number of likely N-dealkylation sites (N-methyl/N-ethyl adjacent to an activating group) is 1. The van der Waals surface area contributed by atoms with Crippen molar-refractivity contribution in [1.82, 2.24) is 4.90 Å². The number of carbonyl (C=O) groups is 2. The molecule has 0 unspecified atom stereocenters. The van der Waals surface area contributed by atoms with Crippen LogP contribution >= 0.6 is 0 Å². The quantitative estimate of drug-likeness (QED) is 0.0653. The van der Waals surface area contributed by atoms with Gasteiger partial charge in [-0.3, -0.25) is 4.79 Å². The first-order chi connectivity index (χ1) is 32.8. The Morgan fingerprint density at radius 1 is 0.433 bits per heavy atom. The van der Waals surface area contributed by atoms with Crippen LogP contribution in [0, 0.1) is 0 Å². The minimum Gasteiger partial charge on any atom is -0.460 e. The molecular weight excluding hydrogens is 875 g/mol. The lowest BCUT2D eigenvalue weighted by molar-refractivity contribution is -0.156. The van der Waals surface area contributed by atoms with Crippen molar-refractivity contribution in [3.63, 3.8) is 0 Å². The Kier molecular flexibility index (Phi) is 33.3. The number of amides is 1. The molecule has 0 bridgehead atoms. The average Bonchev–Trinajstić information content (AvgIpc) is 3.63. The molecule has 0 spiro atoms. The Bertz CT molecular complexity index is 1480. The fourth-order valence-electron chi connectivity index (χ4n) is 6.29. The highest BCUT2D eigenvalue weighted by molar-refractivity contribution is 5.79. The van der Waals surface area contributed by atoms with Gasteiger partial charge in [0.1, 0.15) is 12.2 Å². The Balaban J connectivity index is 0.920. The van der Waals surface area contributed by atoms with Crippen molar-refractivity contribution >= 4 is 12.1 Å². The first-order valence-corrected chi connectivity index (χ1v) is 23.5. The maximum absolute atomic E-state index is 12.6. The smallest absolute Gasteiger partial charge is 0.409 e. The van der Waals surface area contributed by atoms with Crippen LogP contribution in [0.25, 0.3) is 11.1 Å². The Hall–Kier alpha value is -3.34. The zero-order valence-electron chi connectivity index (χ0n) is 40.6. The summed E-state index contributed by atoms with van der Waals surface area (Å²) >= 11 is 0. The third-order valence-corrected chi connectivity index (χ3v) is 9.55. The average molecular weight is 954 g/mol. The lowest BCUT2D eigenvalue weighted by Gasteiger charge is -2.19. The van der Waals surface area contributed by atoms with Crippen LogP contribution in [-0.4, -0.2) is 215 Å². The van der Waals surface area contributed by atoms with Crippen LogP contribution in [0.4, 0.5) is 4.79 Å². The van der Waals surface area contributed by atoms with Gasteiger partial charge in [0.2, 0.25) is 0 Å². The molecule has 0 N–H and O–H groups in total. The van der Waals surface area contributed by atoms with E-state index in [1.54, 1.807) is 7.05 Å². The van der Waals surface area contributed by atoms with Gasteiger partial charge in [0.25, 0.3) is 0 Å². The van der Waals surface area contributed by atoms with Gasteiger partial charge in [-0.15, -0.1) is 0 Å². The summed E-state index contributed by atoms with van der Waals surface area (Å²) in [6, 6.07) is 16.6. The first kappa shape index (κ1) is 58.0. The van der Waals surface area contributed by atoms with Crippen LogP contribution in [0.1, 0.15) is 44.2 Å². The van der Waals surface area contributed by atoms with Gasteiger partial charge in [0.15, 0.2) is 0 Å². The second-order valence-electron chi connectivity index (χ2n) is 16.0. The monoisotopic (exact) mass is 954 g/mol. The van der Waals surface area contributed by atoms with E-state index in [2.05, 4.69) is 24.3 Å². The fourth-order valence-corrected chi connectivity index (χ4v) is 6.29. The number of carbonyl (C=O) groups excluding carboxylic acids is 2. The fraction of sp³-hybridized carbons (Fsp3) is 0.714. The third kappa shape index (κ3) is 29.3. The SMILES string of the molecule is CN(CCOCCOCCOCCOCCOCCOCCOCCOCCOCCOCCOCCOCCOCCC(=O)OC(C)(C)C)C(=O)OCC1c2ccccc2-c2ccccc21. The zero-order chi connectivity index (χ0) is 47.9. The minimum absolute atomic E-state index is 0.0322. The van der Waals surface area contributed by atoms with Gasteiger partial charge in [-0.1, -0.05) is 48.5 Å². The molecule has 0 saturated carbocycles. The van der Waals surface area contributed by atoms with Gasteiger partial charge in [-0.25, -0.2) is 4.79 Å². The van der Waals surface area contributed by atoms with Gasteiger partial charge in [0, 0.05) is 19.5 Å². The van der Waals surface area contributed by atoms with E-state index in [9.17, 15) is 9.59 Å². The van der Waals surface area contributed by atoms with E-state index in [1.165, 1.54) is 27.2 Å². The molecule has 0 radical (unpaired) electrons. The molecule has 0 saturated heterocycles. The molecule has 1 aliphatic carbocycles. The topological polar surface area (TPSA) is 176 Å². The molecule has 1 amide bonds.